The zero-order valence-electron chi connectivity index (χ0n) is 14.4. The van der Waals surface area contributed by atoms with Crippen molar-refractivity contribution >= 4 is 17.5 Å². The lowest BCUT2D eigenvalue weighted by Crippen LogP contribution is -2.34. The summed E-state index contributed by atoms with van der Waals surface area (Å²) in [6.07, 6.45) is 3.31. The number of primary amides is 1. The minimum Gasteiger partial charge on any atom is -0.366 e. The van der Waals surface area contributed by atoms with Crippen LogP contribution in [0.5, 0.6) is 0 Å². The summed E-state index contributed by atoms with van der Waals surface area (Å²) < 4.78 is 0. The molecule has 0 saturated heterocycles. The summed E-state index contributed by atoms with van der Waals surface area (Å²) >= 11 is 0. The minimum absolute atomic E-state index is 0.0719. The Morgan fingerprint density at radius 3 is 2.60 bits per heavy atom. The third kappa shape index (κ3) is 4.06. The lowest BCUT2D eigenvalue weighted by molar-refractivity contribution is -0.117. The highest BCUT2D eigenvalue weighted by Crippen LogP contribution is 2.33. The summed E-state index contributed by atoms with van der Waals surface area (Å²) in [5.41, 5.74) is 9.02. The van der Waals surface area contributed by atoms with Crippen LogP contribution in [0, 0.1) is 0 Å². The standard InChI is InChI=1S/C20H23N3O2/c1-23(18-8-4-6-14-5-2-3-7-17(14)18)13-19(24)22-16-11-9-15(10-12-16)20(21)25/h2-3,5,7,9-12,18H,4,6,8,13H2,1H3,(H2,21,25)(H,22,24)/t18-/m1/s1. The fourth-order valence-corrected chi connectivity index (χ4v) is 3.44. The number of anilines is 1. The number of fused-ring (bicyclic) bond motifs is 1. The third-order valence-electron chi connectivity index (χ3n) is 4.72. The van der Waals surface area contributed by atoms with Crippen molar-refractivity contribution in [2.75, 3.05) is 18.9 Å². The Hall–Kier alpha value is -2.66. The molecule has 2 aromatic rings. The number of carbonyl (C=O) groups excluding carboxylic acids is 2. The molecular weight excluding hydrogens is 314 g/mol. The molecule has 0 saturated carbocycles. The molecule has 2 amide bonds. The molecule has 2 aromatic carbocycles. The predicted molar refractivity (Wildman–Crippen MR) is 98.3 cm³/mol. The first-order valence-electron chi connectivity index (χ1n) is 8.52. The highest BCUT2D eigenvalue weighted by Gasteiger charge is 2.24. The van der Waals surface area contributed by atoms with Crippen molar-refractivity contribution in [1.82, 2.24) is 4.90 Å². The number of nitrogens with two attached hydrogens (primary N) is 1. The first kappa shape index (κ1) is 17.2. The Labute approximate surface area is 147 Å². The quantitative estimate of drug-likeness (QED) is 0.881. The van der Waals surface area contributed by atoms with Crippen LogP contribution in [0.4, 0.5) is 5.69 Å². The van der Waals surface area contributed by atoms with Crippen molar-refractivity contribution < 1.29 is 9.59 Å². The van der Waals surface area contributed by atoms with E-state index in [9.17, 15) is 9.59 Å². The highest BCUT2D eigenvalue weighted by molar-refractivity contribution is 5.95. The zero-order valence-corrected chi connectivity index (χ0v) is 14.4. The Balaban J connectivity index is 1.62. The number of amides is 2. The van der Waals surface area contributed by atoms with E-state index < -0.39 is 5.91 Å². The smallest absolute Gasteiger partial charge is 0.248 e. The predicted octanol–water partition coefficient (Wildman–Crippen LogP) is 2.73. The van der Waals surface area contributed by atoms with Crippen molar-refractivity contribution in [2.45, 2.75) is 25.3 Å². The van der Waals surface area contributed by atoms with Crippen LogP contribution in [-0.2, 0) is 11.2 Å². The molecule has 1 aliphatic rings. The number of nitrogens with one attached hydrogen (secondary N) is 1. The zero-order chi connectivity index (χ0) is 17.8. The average molecular weight is 337 g/mol. The monoisotopic (exact) mass is 337 g/mol. The second kappa shape index (κ2) is 7.49. The average Bonchev–Trinajstić information content (AvgIpc) is 2.61. The van der Waals surface area contributed by atoms with E-state index in [1.807, 2.05) is 7.05 Å². The Kier molecular flexibility index (Phi) is 5.14. The maximum Gasteiger partial charge on any atom is 0.248 e. The van der Waals surface area contributed by atoms with Gasteiger partial charge in [0.25, 0.3) is 0 Å². The van der Waals surface area contributed by atoms with Gasteiger partial charge in [-0.15, -0.1) is 0 Å². The summed E-state index contributed by atoms with van der Waals surface area (Å²) in [4.78, 5) is 25.5. The number of benzene rings is 2. The summed E-state index contributed by atoms with van der Waals surface area (Å²) in [6.45, 7) is 0.316. The van der Waals surface area contributed by atoms with Gasteiger partial charge in [-0.25, -0.2) is 0 Å². The molecule has 0 fully saturated rings. The molecule has 1 atom stereocenters. The van der Waals surface area contributed by atoms with Gasteiger partial charge in [0.1, 0.15) is 0 Å². The van der Waals surface area contributed by atoms with Gasteiger partial charge in [0, 0.05) is 17.3 Å². The molecule has 5 nitrogen and oxygen atoms in total. The van der Waals surface area contributed by atoms with E-state index in [-0.39, 0.29) is 11.9 Å². The number of hydrogen-bond acceptors (Lipinski definition) is 3. The Morgan fingerprint density at radius 1 is 1.16 bits per heavy atom. The molecule has 1 aliphatic carbocycles. The maximum atomic E-state index is 12.4. The first-order chi connectivity index (χ1) is 12.0. The second-order valence-corrected chi connectivity index (χ2v) is 6.51. The molecular formula is C20H23N3O2. The Morgan fingerprint density at radius 2 is 1.88 bits per heavy atom. The van der Waals surface area contributed by atoms with Crippen LogP contribution in [0.1, 0.15) is 40.4 Å². The van der Waals surface area contributed by atoms with Crippen LogP contribution in [-0.4, -0.2) is 30.3 Å². The topological polar surface area (TPSA) is 75.4 Å². The van der Waals surface area contributed by atoms with Gasteiger partial charge in [0.15, 0.2) is 0 Å². The molecule has 0 bridgehead atoms. The first-order valence-corrected chi connectivity index (χ1v) is 8.52. The molecule has 0 heterocycles. The van der Waals surface area contributed by atoms with Gasteiger partial charge in [-0.1, -0.05) is 24.3 Å². The van der Waals surface area contributed by atoms with Crippen LogP contribution >= 0.6 is 0 Å². The summed E-state index contributed by atoms with van der Waals surface area (Å²) in [5, 5.41) is 2.87. The molecule has 25 heavy (non-hydrogen) atoms. The van der Waals surface area contributed by atoms with Crippen molar-refractivity contribution in [3.05, 3.63) is 65.2 Å². The fourth-order valence-electron chi connectivity index (χ4n) is 3.44. The Bertz CT molecular complexity index is 771. The van der Waals surface area contributed by atoms with Gasteiger partial charge >= 0.3 is 0 Å². The lowest BCUT2D eigenvalue weighted by Gasteiger charge is -2.32. The second-order valence-electron chi connectivity index (χ2n) is 6.51. The van der Waals surface area contributed by atoms with Crippen LogP contribution in [0.15, 0.2) is 48.5 Å². The number of hydrogen-bond donors (Lipinski definition) is 2. The fraction of sp³-hybridized carbons (Fsp3) is 0.300. The van der Waals surface area contributed by atoms with Gasteiger partial charge in [-0.2, -0.15) is 0 Å². The summed E-state index contributed by atoms with van der Waals surface area (Å²) in [5.74, 6) is -0.550. The molecule has 130 valence electrons. The minimum atomic E-state index is -0.478. The molecule has 5 heteroatoms. The van der Waals surface area contributed by atoms with E-state index in [0.29, 0.717) is 17.8 Å². The normalized spacial score (nSPS) is 16.3. The highest BCUT2D eigenvalue weighted by atomic mass is 16.2. The van der Waals surface area contributed by atoms with Crippen molar-refractivity contribution in [3.8, 4) is 0 Å². The van der Waals surface area contributed by atoms with Crippen LogP contribution in [0.25, 0.3) is 0 Å². The molecule has 0 aromatic heterocycles. The number of rotatable bonds is 5. The number of nitrogens with zero attached hydrogens (tertiary/aromatic N) is 1. The van der Waals surface area contributed by atoms with Gasteiger partial charge < -0.3 is 11.1 Å². The molecule has 0 spiro atoms. The van der Waals surface area contributed by atoms with Crippen LogP contribution in [0.3, 0.4) is 0 Å². The van der Waals surface area contributed by atoms with Crippen molar-refractivity contribution in [2.24, 2.45) is 5.73 Å². The summed E-state index contributed by atoms with van der Waals surface area (Å²) in [6, 6.07) is 15.3. The van der Waals surface area contributed by atoms with E-state index in [1.54, 1.807) is 24.3 Å². The van der Waals surface area contributed by atoms with Gasteiger partial charge in [-0.3, -0.25) is 14.5 Å². The molecule has 3 N–H and O–H groups in total. The number of aryl methyl sites for hydroxylation is 1. The van der Waals surface area contributed by atoms with E-state index in [4.69, 9.17) is 5.73 Å². The molecule has 3 rings (SSSR count). The van der Waals surface area contributed by atoms with E-state index >= 15 is 0 Å². The van der Waals surface area contributed by atoms with Crippen LogP contribution in [0.2, 0.25) is 0 Å². The largest absolute Gasteiger partial charge is 0.366 e. The summed E-state index contributed by atoms with van der Waals surface area (Å²) in [7, 11) is 1.99. The van der Waals surface area contributed by atoms with Crippen LogP contribution < -0.4 is 11.1 Å². The lowest BCUT2D eigenvalue weighted by atomic mass is 9.87. The maximum absolute atomic E-state index is 12.4. The molecule has 0 unspecified atom stereocenters. The molecule has 0 radical (unpaired) electrons. The molecule has 0 aliphatic heterocycles. The number of carbonyl (C=O) groups is 2. The van der Waals surface area contributed by atoms with E-state index in [2.05, 4.69) is 34.5 Å². The SMILES string of the molecule is CN(CC(=O)Nc1ccc(C(N)=O)cc1)[C@@H]1CCCc2ccccc21. The van der Waals surface area contributed by atoms with E-state index in [1.165, 1.54) is 11.1 Å². The number of likely N-dealkylation sites (N-methyl/N-ethyl adjacent to an activating group) is 1. The van der Waals surface area contributed by atoms with E-state index in [0.717, 1.165) is 19.3 Å². The van der Waals surface area contributed by atoms with Gasteiger partial charge in [0.05, 0.1) is 6.54 Å². The van der Waals surface area contributed by atoms with Gasteiger partial charge in [0.2, 0.25) is 11.8 Å². The van der Waals surface area contributed by atoms with Crippen molar-refractivity contribution in [1.29, 1.82) is 0 Å². The third-order valence-corrected chi connectivity index (χ3v) is 4.72. The van der Waals surface area contributed by atoms with Gasteiger partial charge in [-0.05, 0) is 61.7 Å². The van der Waals surface area contributed by atoms with Crippen molar-refractivity contribution in [3.63, 3.8) is 0 Å².